The molecule has 1 amide bonds. The van der Waals surface area contributed by atoms with E-state index in [1.54, 1.807) is 11.8 Å². The fourth-order valence-electron chi connectivity index (χ4n) is 1.78. The first-order valence-corrected chi connectivity index (χ1v) is 7.18. The fourth-order valence-corrected chi connectivity index (χ4v) is 2.52. The summed E-state index contributed by atoms with van der Waals surface area (Å²) in [7, 11) is -3.33. The molecule has 17 heavy (non-hydrogen) atoms. The lowest BCUT2D eigenvalue weighted by atomic mass is 10.2. The van der Waals surface area contributed by atoms with Gasteiger partial charge in [0.25, 0.3) is 0 Å². The Hall–Kier alpha value is -0.370. The molecule has 1 aliphatic rings. The summed E-state index contributed by atoms with van der Waals surface area (Å²) >= 11 is 0. The van der Waals surface area contributed by atoms with E-state index >= 15 is 0 Å². The highest BCUT2D eigenvalue weighted by atomic mass is 35.5. The van der Waals surface area contributed by atoms with Gasteiger partial charge in [0.05, 0.1) is 12.3 Å². The Bertz CT molecular complexity index is 360. The molecule has 1 aliphatic heterocycles. The van der Waals surface area contributed by atoms with Gasteiger partial charge < -0.3 is 10.2 Å². The quantitative estimate of drug-likeness (QED) is 0.709. The van der Waals surface area contributed by atoms with Crippen LogP contribution >= 0.6 is 12.4 Å². The topological polar surface area (TPSA) is 78.5 Å². The van der Waals surface area contributed by atoms with Gasteiger partial charge in [0.2, 0.25) is 15.9 Å². The Labute approximate surface area is 109 Å². The molecule has 102 valence electrons. The second kappa shape index (κ2) is 6.53. The van der Waals surface area contributed by atoms with Crippen LogP contribution in [0.25, 0.3) is 0 Å². The summed E-state index contributed by atoms with van der Waals surface area (Å²) in [6, 6.07) is -0.441. The molecular formula is C9H20ClN3O3S. The highest BCUT2D eigenvalue weighted by Crippen LogP contribution is 2.02. The highest BCUT2D eigenvalue weighted by Gasteiger charge is 2.26. The van der Waals surface area contributed by atoms with Crippen molar-refractivity contribution in [2.45, 2.75) is 25.9 Å². The minimum atomic E-state index is -3.33. The second-order valence-electron chi connectivity index (χ2n) is 4.25. The third-order valence-corrected chi connectivity index (χ3v) is 3.22. The number of hydrogen-bond acceptors (Lipinski definition) is 4. The number of hydrogen-bond donors (Lipinski definition) is 2. The van der Waals surface area contributed by atoms with Gasteiger partial charge in [-0.1, -0.05) is 0 Å². The van der Waals surface area contributed by atoms with Crippen LogP contribution in [0.15, 0.2) is 0 Å². The maximum atomic E-state index is 11.9. The lowest BCUT2D eigenvalue weighted by Gasteiger charge is -2.33. The van der Waals surface area contributed by atoms with Crippen molar-refractivity contribution in [2.24, 2.45) is 0 Å². The van der Waals surface area contributed by atoms with Crippen LogP contribution in [0.4, 0.5) is 0 Å². The van der Waals surface area contributed by atoms with Crippen molar-refractivity contribution in [3.8, 4) is 0 Å². The highest BCUT2D eigenvalue weighted by molar-refractivity contribution is 7.88. The van der Waals surface area contributed by atoms with Gasteiger partial charge in [-0.15, -0.1) is 12.4 Å². The molecule has 0 bridgehead atoms. The smallest absolute Gasteiger partial charge is 0.240 e. The molecule has 8 heteroatoms. The SMILES string of the molecule is CC1CN(C(=O)C(C)NS(C)(=O)=O)CCN1.Cl. The summed E-state index contributed by atoms with van der Waals surface area (Å²) in [6.45, 7) is 5.55. The van der Waals surface area contributed by atoms with Gasteiger partial charge in [0.1, 0.15) is 0 Å². The van der Waals surface area contributed by atoms with Gasteiger partial charge in [0.15, 0.2) is 0 Å². The molecule has 1 heterocycles. The third kappa shape index (κ3) is 5.67. The molecule has 2 N–H and O–H groups in total. The number of nitrogens with zero attached hydrogens (tertiary/aromatic N) is 1. The van der Waals surface area contributed by atoms with E-state index < -0.39 is 16.1 Å². The van der Waals surface area contributed by atoms with Crippen LogP contribution in [-0.2, 0) is 14.8 Å². The van der Waals surface area contributed by atoms with E-state index in [1.807, 2.05) is 6.92 Å². The van der Waals surface area contributed by atoms with Crippen molar-refractivity contribution in [1.82, 2.24) is 14.9 Å². The van der Waals surface area contributed by atoms with E-state index in [0.717, 1.165) is 12.8 Å². The number of piperazine rings is 1. The zero-order chi connectivity index (χ0) is 12.3. The maximum Gasteiger partial charge on any atom is 0.240 e. The lowest BCUT2D eigenvalue weighted by Crippen LogP contribution is -2.55. The normalized spacial score (nSPS) is 22.8. The number of halogens is 1. The molecule has 6 nitrogen and oxygen atoms in total. The fraction of sp³-hybridized carbons (Fsp3) is 0.889. The van der Waals surface area contributed by atoms with Crippen molar-refractivity contribution >= 4 is 28.3 Å². The van der Waals surface area contributed by atoms with Crippen LogP contribution in [0.3, 0.4) is 0 Å². The van der Waals surface area contributed by atoms with Crippen molar-refractivity contribution < 1.29 is 13.2 Å². The monoisotopic (exact) mass is 285 g/mol. The summed E-state index contributed by atoms with van der Waals surface area (Å²) in [5, 5.41) is 3.22. The predicted molar refractivity (Wildman–Crippen MR) is 68.7 cm³/mol. The molecule has 0 radical (unpaired) electrons. The molecule has 2 atom stereocenters. The number of carbonyl (C=O) groups excluding carboxylic acids is 1. The largest absolute Gasteiger partial charge is 0.338 e. The Balaban J connectivity index is 0.00000256. The van der Waals surface area contributed by atoms with Crippen LogP contribution in [-0.4, -0.2) is 57.2 Å². The number of carbonyl (C=O) groups is 1. The Morgan fingerprint density at radius 1 is 1.53 bits per heavy atom. The molecule has 0 aromatic carbocycles. The third-order valence-electron chi connectivity index (χ3n) is 2.44. The zero-order valence-corrected chi connectivity index (χ0v) is 11.9. The molecule has 0 aliphatic carbocycles. The van der Waals surface area contributed by atoms with E-state index in [2.05, 4.69) is 10.0 Å². The molecule has 1 rings (SSSR count). The Kier molecular flexibility index (Phi) is 6.39. The van der Waals surface area contributed by atoms with Gasteiger partial charge in [-0.3, -0.25) is 4.79 Å². The number of nitrogens with one attached hydrogen (secondary N) is 2. The first-order chi connectivity index (χ1) is 7.29. The van der Waals surface area contributed by atoms with E-state index in [-0.39, 0.29) is 24.4 Å². The van der Waals surface area contributed by atoms with Crippen LogP contribution in [0.2, 0.25) is 0 Å². The molecule has 1 fully saturated rings. The maximum absolute atomic E-state index is 11.9. The van der Waals surface area contributed by atoms with Gasteiger partial charge in [-0.05, 0) is 13.8 Å². The van der Waals surface area contributed by atoms with Crippen LogP contribution in [0.1, 0.15) is 13.8 Å². The van der Waals surface area contributed by atoms with Crippen molar-refractivity contribution in [3.63, 3.8) is 0 Å². The number of rotatable bonds is 3. The summed E-state index contributed by atoms with van der Waals surface area (Å²) in [4.78, 5) is 13.6. The van der Waals surface area contributed by atoms with Crippen LogP contribution in [0.5, 0.6) is 0 Å². The molecule has 0 aromatic rings. The number of sulfonamides is 1. The average Bonchev–Trinajstić information content (AvgIpc) is 2.14. The Morgan fingerprint density at radius 3 is 2.59 bits per heavy atom. The average molecular weight is 286 g/mol. The first-order valence-electron chi connectivity index (χ1n) is 5.29. The molecular weight excluding hydrogens is 266 g/mol. The minimum Gasteiger partial charge on any atom is -0.338 e. The number of amides is 1. The van der Waals surface area contributed by atoms with Gasteiger partial charge >= 0.3 is 0 Å². The first kappa shape index (κ1) is 16.6. The molecule has 0 aromatic heterocycles. The summed E-state index contributed by atoms with van der Waals surface area (Å²) in [6.07, 6.45) is 1.05. The second-order valence-corrected chi connectivity index (χ2v) is 6.03. The van der Waals surface area contributed by atoms with Gasteiger partial charge in [-0.25, -0.2) is 13.1 Å². The van der Waals surface area contributed by atoms with Crippen LogP contribution in [0, 0.1) is 0 Å². The van der Waals surface area contributed by atoms with E-state index in [1.165, 1.54) is 0 Å². The van der Waals surface area contributed by atoms with E-state index in [4.69, 9.17) is 0 Å². The van der Waals surface area contributed by atoms with Crippen LogP contribution < -0.4 is 10.0 Å². The zero-order valence-electron chi connectivity index (χ0n) is 10.3. The lowest BCUT2D eigenvalue weighted by molar-refractivity contribution is -0.133. The molecule has 0 spiro atoms. The summed E-state index contributed by atoms with van der Waals surface area (Å²) in [5.74, 6) is -0.168. The van der Waals surface area contributed by atoms with E-state index in [9.17, 15) is 13.2 Å². The van der Waals surface area contributed by atoms with E-state index in [0.29, 0.717) is 13.1 Å². The predicted octanol–water partition coefficient (Wildman–Crippen LogP) is -0.834. The van der Waals surface area contributed by atoms with Crippen molar-refractivity contribution in [1.29, 1.82) is 0 Å². The Morgan fingerprint density at radius 2 is 2.12 bits per heavy atom. The molecule has 1 saturated heterocycles. The van der Waals surface area contributed by atoms with Gasteiger partial charge in [0, 0.05) is 25.7 Å². The minimum absolute atomic E-state index is 0. The standard InChI is InChI=1S/C9H19N3O3S.ClH/c1-7-6-12(5-4-10-7)9(13)8(2)11-16(3,14)15;/h7-8,10-11H,4-6H2,1-3H3;1H. The summed E-state index contributed by atoms with van der Waals surface area (Å²) in [5.41, 5.74) is 0. The summed E-state index contributed by atoms with van der Waals surface area (Å²) < 4.78 is 24.3. The molecule has 0 saturated carbocycles. The van der Waals surface area contributed by atoms with Crippen molar-refractivity contribution in [2.75, 3.05) is 25.9 Å². The van der Waals surface area contributed by atoms with Gasteiger partial charge in [-0.2, -0.15) is 0 Å². The van der Waals surface area contributed by atoms with Crippen molar-refractivity contribution in [3.05, 3.63) is 0 Å². The molecule has 2 unspecified atom stereocenters.